The third-order valence-corrected chi connectivity index (χ3v) is 3.11. The molecule has 1 heterocycles. The fourth-order valence-corrected chi connectivity index (χ4v) is 1.91. The van der Waals surface area contributed by atoms with Crippen molar-refractivity contribution in [1.29, 1.82) is 0 Å². The van der Waals surface area contributed by atoms with Crippen LogP contribution < -0.4 is 11.1 Å². The predicted molar refractivity (Wildman–Crippen MR) is 75.4 cm³/mol. The Kier molecular flexibility index (Phi) is 4.19. The van der Waals surface area contributed by atoms with Crippen LogP contribution in [0.5, 0.6) is 0 Å². The molecule has 0 aliphatic rings. The second-order valence-corrected chi connectivity index (χ2v) is 4.64. The Morgan fingerprint density at radius 3 is 3.00 bits per heavy atom. The molecule has 0 bridgehead atoms. The lowest BCUT2D eigenvalue weighted by molar-refractivity contribution is -0.119. The molecule has 1 aromatic heterocycles. The normalized spacial score (nSPS) is 12.2. The highest BCUT2D eigenvalue weighted by molar-refractivity contribution is 6.33. The first-order valence-electron chi connectivity index (χ1n) is 5.91. The van der Waals surface area contributed by atoms with Gasteiger partial charge in [0, 0.05) is 24.9 Å². The van der Waals surface area contributed by atoms with E-state index < -0.39 is 0 Å². The number of hydrogen-bond donors (Lipinski definition) is 2. The maximum absolute atomic E-state index is 11.9. The van der Waals surface area contributed by atoms with Crippen molar-refractivity contribution in [3.8, 4) is 5.69 Å². The molecule has 0 aliphatic carbocycles. The number of carbonyl (C=O) groups excluding carboxylic acids is 1. The first-order chi connectivity index (χ1) is 9.13. The molecule has 1 aromatic carbocycles. The molecule has 3 N–H and O–H groups in total. The van der Waals surface area contributed by atoms with Gasteiger partial charge in [0.15, 0.2) is 0 Å². The maximum Gasteiger partial charge on any atom is 0.228 e. The Hall–Kier alpha value is -1.85. The van der Waals surface area contributed by atoms with Crippen LogP contribution in [0.2, 0.25) is 5.02 Å². The van der Waals surface area contributed by atoms with Gasteiger partial charge in [-0.25, -0.2) is 4.98 Å². The van der Waals surface area contributed by atoms with Crippen molar-refractivity contribution in [1.82, 2.24) is 9.55 Å². The lowest BCUT2D eigenvalue weighted by atomic mass is 10.1. The van der Waals surface area contributed by atoms with Gasteiger partial charge in [0.1, 0.15) is 0 Å². The van der Waals surface area contributed by atoms with Crippen molar-refractivity contribution in [3.05, 3.63) is 41.9 Å². The second kappa shape index (κ2) is 5.86. The number of carbonyl (C=O) groups is 1. The van der Waals surface area contributed by atoms with Gasteiger partial charge in [-0.05, 0) is 12.1 Å². The van der Waals surface area contributed by atoms with Crippen molar-refractivity contribution in [2.24, 2.45) is 11.7 Å². The number of aromatic nitrogens is 2. The van der Waals surface area contributed by atoms with Gasteiger partial charge in [-0.1, -0.05) is 24.6 Å². The number of anilines is 1. The zero-order valence-corrected chi connectivity index (χ0v) is 11.3. The standard InChI is InChI=1S/C13H15ClN4O/c1-9(7-15)13(19)17-11-4-2-3-10(14)12(11)18-6-5-16-8-18/h2-6,8-9H,7,15H2,1H3,(H,17,19). The summed E-state index contributed by atoms with van der Waals surface area (Å²) >= 11 is 6.19. The molecule has 19 heavy (non-hydrogen) atoms. The zero-order valence-electron chi connectivity index (χ0n) is 10.5. The number of benzene rings is 1. The minimum atomic E-state index is -0.255. The maximum atomic E-state index is 11.9. The molecule has 0 radical (unpaired) electrons. The molecule has 2 rings (SSSR count). The predicted octanol–water partition coefficient (Wildman–Crippen LogP) is 2.06. The van der Waals surface area contributed by atoms with Crippen LogP contribution >= 0.6 is 11.6 Å². The van der Waals surface area contributed by atoms with Crippen LogP contribution in [0.1, 0.15) is 6.92 Å². The summed E-state index contributed by atoms with van der Waals surface area (Å²) in [6.45, 7) is 2.07. The molecule has 0 aliphatic heterocycles. The Bertz CT molecular complexity index is 568. The molecule has 0 fully saturated rings. The lowest BCUT2D eigenvalue weighted by Crippen LogP contribution is -2.27. The number of nitrogens with one attached hydrogen (secondary N) is 1. The monoisotopic (exact) mass is 278 g/mol. The number of amides is 1. The minimum absolute atomic E-state index is 0.133. The van der Waals surface area contributed by atoms with E-state index in [9.17, 15) is 4.79 Å². The van der Waals surface area contributed by atoms with Gasteiger partial charge in [-0.15, -0.1) is 0 Å². The summed E-state index contributed by atoms with van der Waals surface area (Å²) in [6, 6.07) is 5.34. The van der Waals surface area contributed by atoms with Crippen LogP contribution in [0.3, 0.4) is 0 Å². The van der Waals surface area contributed by atoms with E-state index in [1.54, 1.807) is 48.4 Å². The average molecular weight is 279 g/mol. The Balaban J connectivity index is 2.36. The van der Waals surface area contributed by atoms with Gasteiger partial charge in [-0.2, -0.15) is 0 Å². The van der Waals surface area contributed by atoms with Crippen molar-refractivity contribution in [3.63, 3.8) is 0 Å². The Labute approximate surface area is 116 Å². The largest absolute Gasteiger partial charge is 0.330 e. The van der Waals surface area contributed by atoms with Crippen molar-refractivity contribution in [2.45, 2.75) is 6.92 Å². The molecule has 1 amide bonds. The number of para-hydroxylation sites is 1. The van der Waals surface area contributed by atoms with Crippen molar-refractivity contribution >= 4 is 23.2 Å². The second-order valence-electron chi connectivity index (χ2n) is 4.23. The van der Waals surface area contributed by atoms with Crippen LogP contribution in [-0.2, 0) is 4.79 Å². The van der Waals surface area contributed by atoms with Crippen molar-refractivity contribution in [2.75, 3.05) is 11.9 Å². The Morgan fingerprint density at radius 1 is 1.58 bits per heavy atom. The van der Waals surface area contributed by atoms with Crippen LogP contribution in [0.25, 0.3) is 5.69 Å². The number of nitrogens with zero attached hydrogens (tertiary/aromatic N) is 2. The Morgan fingerprint density at radius 2 is 2.37 bits per heavy atom. The molecule has 0 saturated carbocycles. The van der Waals surface area contributed by atoms with E-state index in [1.807, 2.05) is 0 Å². The zero-order chi connectivity index (χ0) is 13.8. The minimum Gasteiger partial charge on any atom is -0.330 e. The number of hydrogen-bond acceptors (Lipinski definition) is 3. The van der Waals surface area contributed by atoms with Gasteiger partial charge in [0.2, 0.25) is 5.91 Å². The number of halogens is 1. The van der Waals surface area contributed by atoms with E-state index in [-0.39, 0.29) is 11.8 Å². The number of imidazole rings is 1. The summed E-state index contributed by atoms with van der Waals surface area (Å²) in [5, 5.41) is 3.38. The smallest absolute Gasteiger partial charge is 0.228 e. The van der Waals surface area contributed by atoms with Crippen LogP contribution in [0.4, 0.5) is 5.69 Å². The quantitative estimate of drug-likeness (QED) is 0.899. The first kappa shape index (κ1) is 13.6. The summed E-state index contributed by atoms with van der Waals surface area (Å²) < 4.78 is 1.76. The molecule has 100 valence electrons. The van der Waals surface area contributed by atoms with Gasteiger partial charge < -0.3 is 15.6 Å². The highest BCUT2D eigenvalue weighted by Crippen LogP contribution is 2.28. The van der Waals surface area contributed by atoms with Gasteiger partial charge in [-0.3, -0.25) is 4.79 Å². The van der Waals surface area contributed by atoms with E-state index >= 15 is 0 Å². The summed E-state index contributed by atoms with van der Waals surface area (Å²) in [6.07, 6.45) is 5.05. The third kappa shape index (κ3) is 2.94. The summed E-state index contributed by atoms with van der Waals surface area (Å²) in [5.41, 5.74) is 6.82. The molecule has 1 unspecified atom stereocenters. The average Bonchev–Trinajstić information content (AvgIpc) is 2.91. The molecule has 2 aromatic rings. The lowest BCUT2D eigenvalue weighted by Gasteiger charge is -2.15. The molecule has 1 atom stereocenters. The fourth-order valence-electron chi connectivity index (χ4n) is 1.63. The topological polar surface area (TPSA) is 72.9 Å². The summed E-state index contributed by atoms with van der Waals surface area (Å²) in [4.78, 5) is 15.9. The highest BCUT2D eigenvalue weighted by atomic mass is 35.5. The third-order valence-electron chi connectivity index (χ3n) is 2.81. The molecule has 0 spiro atoms. The van der Waals surface area contributed by atoms with Gasteiger partial charge in [0.05, 0.1) is 22.7 Å². The van der Waals surface area contributed by atoms with Crippen LogP contribution in [0, 0.1) is 5.92 Å². The molecule has 0 saturated heterocycles. The van der Waals surface area contributed by atoms with E-state index in [1.165, 1.54) is 0 Å². The van der Waals surface area contributed by atoms with E-state index in [2.05, 4.69) is 10.3 Å². The van der Waals surface area contributed by atoms with Crippen molar-refractivity contribution < 1.29 is 4.79 Å². The summed E-state index contributed by atoms with van der Waals surface area (Å²) in [5.74, 6) is -0.388. The SMILES string of the molecule is CC(CN)C(=O)Nc1cccc(Cl)c1-n1ccnc1. The van der Waals surface area contributed by atoms with E-state index in [0.717, 1.165) is 0 Å². The molecule has 6 heteroatoms. The van der Waals surface area contributed by atoms with Crippen LogP contribution in [-0.4, -0.2) is 22.0 Å². The number of nitrogens with two attached hydrogens (primary N) is 1. The highest BCUT2D eigenvalue weighted by Gasteiger charge is 2.15. The van der Waals surface area contributed by atoms with Crippen LogP contribution in [0.15, 0.2) is 36.9 Å². The molecular formula is C13H15ClN4O. The molecule has 5 nitrogen and oxygen atoms in total. The van der Waals surface area contributed by atoms with Gasteiger partial charge >= 0.3 is 0 Å². The van der Waals surface area contributed by atoms with E-state index in [0.29, 0.717) is 22.9 Å². The summed E-state index contributed by atoms with van der Waals surface area (Å²) in [7, 11) is 0. The number of rotatable bonds is 4. The molecular weight excluding hydrogens is 264 g/mol. The van der Waals surface area contributed by atoms with E-state index in [4.69, 9.17) is 17.3 Å². The van der Waals surface area contributed by atoms with Gasteiger partial charge in [0.25, 0.3) is 0 Å². The first-order valence-corrected chi connectivity index (χ1v) is 6.29. The fraction of sp³-hybridized carbons (Fsp3) is 0.231.